The third-order valence-corrected chi connectivity index (χ3v) is 4.05. The van der Waals surface area contributed by atoms with Crippen LogP contribution in [0.25, 0.3) is 10.4 Å². The molecular formula is C19H25N3O5. The summed E-state index contributed by atoms with van der Waals surface area (Å²) < 4.78 is 23.4. The summed E-state index contributed by atoms with van der Waals surface area (Å²) in [5.41, 5.74) is 9.84. The Hall–Kier alpha value is -2.19. The molecule has 0 aromatic heterocycles. The van der Waals surface area contributed by atoms with Gasteiger partial charge < -0.3 is 24.1 Å². The van der Waals surface area contributed by atoms with Crippen molar-refractivity contribution in [2.45, 2.75) is 37.3 Å². The molecule has 1 aromatic rings. The summed E-state index contributed by atoms with van der Waals surface area (Å²) in [6, 6.07) is 9.63. The summed E-state index contributed by atoms with van der Waals surface area (Å²) in [7, 11) is 0. The predicted molar refractivity (Wildman–Crippen MR) is 99.8 cm³/mol. The van der Waals surface area contributed by atoms with Gasteiger partial charge in [0.2, 0.25) is 0 Å². The van der Waals surface area contributed by atoms with Crippen molar-refractivity contribution in [2.75, 3.05) is 19.8 Å². The van der Waals surface area contributed by atoms with E-state index in [-0.39, 0.29) is 19.8 Å². The second-order valence-corrected chi connectivity index (χ2v) is 5.89. The van der Waals surface area contributed by atoms with Crippen molar-refractivity contribution in [1.29, 1.82) is 0 Å². The molecule has 1 aromatic carbocycles. The molecule has 1 N–H and O–H groups in total. The highest BCUT2D eigenvalue weighted by Gasteiger charge is 2.47. The van der Waals surface area contributed by atoms with Crippen LogP contribution in [0.3, 0.4) is 0 Å². The van der Waals surface area contributed by atoms with E-state index < -0.39 is 30.6 Å². The fourth-order valence-electron chi connectivity index (χ4n) is 2.88. The molecule has 0 bridgehead atoms. The zero-order valence-corrected chi connectivity index (χ0v) is 15.1. The Morgan fingerprint density at radius 2 is 1.74 bits per heavy atom. The second kappa shape index (κ2) is 11.5. The largest absolute Gasteiger partial charge is 0.394 e. The molecule has 0 saturated carbocycles. The first-order valence-electron chi connectivity index (χ1n) is 8.66. The molecule has 1 aliphatic heterocycles. The Morgan fingerprint density at radius 1 is 1.07 bits per heavy atom. The van der Waals surface area contributed by atoms with Crippen molar-refractivity contribution in [2.24, 2.45) is 5.11 Å². The van der Waals surface area contributed by atoms with Gasteiger partial charge >= 0.3 is 0 Å². The van der Waals surface area contributed by atoms with E-state index in [1.54, 1.807) is 12.2 Å². The Bertz CT molecular complexity index is 635. The standard InChI is InChI=1S/C19H25N3O5/c1-3-10-24-16-15(12-23)27-19(21-22-20)18(25-11-4-2)17(16)26-13-14-8-6-5-7-9-14/h3-9,15-19,23H,1-2,10-13H2/t15-,16-,17+,18-,19?/m1/s1. The molecule has 1 unspecified atom stereocenters. The highest BCUT2D eigenvalue weighted by atomic mass is 16.6. The number of nitrogens with zero attached hydrogens (tertiary/aromatic N) is 3. The van der Waals surface area contributed by atoms with Crippen LogP contribution in [-0.2, 0) is 25.6 Å². The molecule has 1 saturated heterocycles. The highest BCUT2D eigenvalue weighted by molar-refractivity contribution is 5.13. The first-order valence-corrected chi connectivity index (χ1v) is 8.66. The first-order chi connectivity index (χ1) is 13.2. The van der Waals surface area contributed by atoms with E-state index in [1.165, 1.54) is 0 Å². The molecule has 1 aliphatic rings. The van der Waals surface area contributed by atoms with Crippen LogP contribution in [0.5, 0.6) is 0 Å². The fourth-order valence-corrected chi connectivity index (χ4v) is 2.88. The Morgan fingerprint density at radius 3 is 2.33 bits per heavy atom. The first kappa shape index (κ1) is 21.1. The smallest absolute Gasteiger partial charge is 0.165 e. The van der Waals surface area contributed by atoms with Gasteiger partial charge in [0.25, 0.3) is 0 Å². The minimum Gasteiger partial charge on any atom is -0.394 e. The van der Waals surface area contributed by atoms with Crippen molar-refractivity contribution in [3.63, 3.8) is 0 Å². The SMILES string of the molecule is C=CCO[C@H]1[C@H](OCc2ccccc2)[C@@H](OCC=C)C(N=[N+]=[N-])O[C@@H]1CO. The van der Waals surface area contributed by atoms with Crippen molar-refractivity contribution >= 4 is 0 Å². The van der Waals surface area contributed by atoms with Crippen LogP contribution in [-0.4, -0.2) is 55.6 Å². The van der Waals surface area contributed by atoms with Crippen LogP contribution in [0.2, 0.25) is 0 Å². The van der Waals surface area contributed by atoms with Gasteiger partial charge in [-0.25, -0.2) is 0 Å². The molecule has 2 rings (SSSR count). The zero-order valence-electron chi connectivity index (χ0n) is 15.1. The normalized spacial score (nSPS) is 27.5. The van der Waals surface area contributed by atoms with Crippen LogP contribution >= 0.6 is 0 Å². The van der Waals surface area contributed by atoms with Crippen molar-refractivity contribution in [3.05, 3.63) is 71.6 Å². The molecule has 146 valence electrons. The number of rotatable bonds is 11. The lowest BCUT2D eigenvalue weighted by molar-refractivity contribution is -0.260. The van der Waals surface area contributed by atoms with Crippen LogP contribution in [0.1, 0.15) is 5.56 Å². The van der Waals surface area contributed by atoms with E-state index in [9.17, 15) is 5.11 Å². The maximum Gasteiger partial charge on any atom is 0.165 e. The summed E-state index contributed by atoms with van der Waals surface area (Å²) in [5, 5.41) is 13.4. The van der Waals surface area contributed by atoms with Gasteiger partial charge in [0.05, 0.1) is 26.4 Å². The summed E-state index contributed by atoms with van der Waals surface area (Å²) in [5.74, 6) is 0. The number of hydrogen-bond acceptors (Lipinski definition) is 6. The molecule has 8 nitrogen and oxygen atoms in total. The average molecular weight is 375 g/mol. The predicted octanol–water partition coefficient (Wildman–Crippen LogP) is 2.74. The molecule has 27 heavy (non-hydrogen) atoms. The average Bonchev–Trinajstić information content (AvgIpc) is 2.70. The monoisotopic (exact) mass is 375 g/mol. The van der Waals surface area contributed by atoms with Gasteiger partial charge in [0.15, 0.2) is 6.23 Å². The topological polar surface area (TPSA) is 106 Å². The van der Waals surface area contributed by atoms with Crippen LogP contribution in [0, 0.1) is 0 Å². The second-order valence-electron chi connectivity index (χ2n) is 5.89. The Balaban J connectivity index is 2.27. The minimum atomic E-state index is -0.962. The number of ether oxygens (including phenoxy) is 4. The lowest BCUT2D eigenvalue weighted by Crippen LogP contribution is -2.60. The van der Waals surface area contributed by atoms with E-state index >= 15 is 0 Å². The van der Waals surface area contributed by atoms with Crippen molar-refractivity contribution in [1.82, 2.24) is 0 Å². The fraction of sp³-hybridized carbons (Fsp3) is 0.474. The van der Waals surface area contributed by atoms with Crippen LogP contribution < -0.4 is 0 Å². The van der Waals surface area contributed by atoms with Gasteiger partial charge in [-0.3, -0.25) is 0 Å². The van der Waals surface area contributed by atoms with E-state index in [0.29, 0.717) is 6.61 Å². The zero-order chi connectivity index (χ0) is 19.5. The molecule has 8 heteroatoms. The third kappa shape index (κ3) is 5.90. The maximum absolute atomic E-state index is 9.73. The molecular weight excluding hydrogens is 350 g/mol. The van der Waals surface area contributed by atoms with Gasteiger partial charge in [-0.05, 0) is 11.1 Å². The van der Waals surface area contributed by atoms with Gasteiger partial charge in [0.1, 0.15) is 24.4 Å². The summed E-state index contributed by atoms with van der Waals surface area (Å²) in [4.78, 5) is 2.83. The van der Waals surface area contributed by atoms with Gasteiger partial charge in [-0.1, -0.05) is 47.6 Å². The van der Waals surface area contributed by atoms with Crippen LogP contribution in [0.4, 0.5) is 0 Å². The van der Waals surface area contributed by atoms with Crippen LogP contribution in [0.15, 0.2) is 60.8 Å². The molecule has 5 atom stereocenters. The van der Waals surface area contributed by atoms with Gasteiger partial charge in [0, 0.05) is 4.91 Å². The summed E-state index contributed by atoms with van der Waals surface area (Å²) in [6.45, 7) is 7.73. The quantitative estimate of drug-likeness (QED) is 0.277. The lowest BCUT2D eigenvalue weighted by atomic mass is 9.97. The molecule has 0 amide bonds. The minimum absolute atomic E-state index is 0.217. The Kier molecular flexibility index (Phi) is 9.00. The molecule has 0 spiro atoms. The molecule has 0 radical (unpaired) electrons. The number of azide groups is 1. The number of aliphatic hydroxyl groups excluding tert-OH is 1. The maximum atomic E-state index is 9.73. The summed E-state index contributed by atoms with van der Waals surface area (Å²) in [6.07, 6.45) is -0.495. The van der Waals surface area contributed by atoms with Crippen molar-refractivity contribution in [3.8, 4) is 0 Å². The van der Waals surface area contributed by atoms with E-state index in [1.807, 2.05) is 30.3 Å². The number of benzene rings is 1. The molecule has 1 heterocycles. The Labute approximate surface area is 158 Å². The summed E-state index contributed by atoms with van der Waals surface area (Å²) >= 11 is 0. The van der Waals surface area contributed by atoms with Crippen molar-refractivity contribution < 1.29 is 24.1 Å². The van der Waals surface area contributed by atoms with Gasteiger partial charge in [-0.15, -0.1) is 13.2 Å². The van der Waals surface area contributed by atoms with E-state index in [2.05, 4.69) is 23.2 Å². The number of hydrogen-bond donors (Lipinski definition) is 1. The highest BCUT2D eigenvalue weighted by Crippen LogP contribution is 2.29. The lowest BCUT2D eigenvalue weighted by Gasteiger charge is -2.44. The molecule has 0 aliphatic carbocycles. The van der Waals surface area contributed by atoms with E-state index in [0.717, 1.165) is 5.56 Å². The van der Waals surface area contributed by atoms with Gasteiger partial charge in [-0.2, -0.15) is 0 Å². The molecule has 1 fully saturated rings. The third-order valence-electron chi connectivity index (χ3n) is 4.05. The van der Waals surface area contributed by atoms with E-state index in [4.69, 9.17) is 24.5 Å². The number of aliphatic hydroxyl groups is 1.